The van der Waals surface area contributed by atoms with E-state index in [9.17, 15) is 0 Å². The minimum atomic E-state index is 0.698. The highest BCUT2D eigenvalue weighted by molar-refractivity contribution is 5.45. The summed E-state index contributed by atoms with van der Waals surface area (Å²) in [4.78, 5) is 0. The third-order valence-electron chi connectivity index (χ3n) is 2.85. The second kappa shape index (κ2) is 8.84. The van der Waals surface area contributed by atoms with E-state index in [2.05, 4.69) is 20.8 Å². The molecule has 0 N–H and O–H groups in total. The average Bonchev–Trinajstić information content (AvgIpc) is 2.39. The van der Waals surface area contributed by atoms with Crippen LogP contribution in [0.3, 0.4) is 0 Å². The largest absolute Gasteiger partial charge is 0.493 e. The standard InChI is InChI=1S/C16H25O2/c1-4-7-12-17-15-10-9-11-16(14(15)6-3)18-13-8-5-2/h9-11H,3-8,12-13H2,1-2H3. The van der Waals surface area contributed by atoms with Gasteiger partial charge in [-0.3, -0.25) is 0 Å². The van der Waals surface area contributed by atoms with Gasteiger partial charge in [0.15, 0.2) is 0 Å². The predicted octanol–water partition coefficient (Wildman–Crippen LogP) is 4.42. The number of unbranched alkanes of at least 4 members (excludes halogenated alkanes) is 2. The van der Waals surface area contributed by atoms with Crippen molar-refractivity contribution in [1.82, 2.24) is 0 Å². The Balaban J connectivity index is 2.68. The van der Waals surface area contributed by atoms with Crippen molar-refractivity contribution in [2.24, 2.45) is 0 Å². The zero-order valence-corrected chi connectivity index (χ0v) is 11.7. The lowest BCUT2D eigenvalue weighted by Crippen LogP contribution is -2.03. The summed E-state index contributed by atoms with van der Waals surface area (Å²) in [5.41, 5.74) is 1.09. The highest BCUT2D eigenvalue weighted by Gasteiger charge is 2.08. The Bertz CT molecular complexity index is 306. The first kappa shape index (κ1) is 14.9. The normalized spacial score (nSPS) is 10.4. The van der Waals surface area contributed by atoms with Crippen LogP contribution in [0.25, 0.3) is 0 Å². The summed E-state index contributed by atoms with van der Waals surface area (Å²) in [6.07, 6.45) is 5.15. The van der Waals surface area contributed by atoms with Gasteiger partial charge < -0.3 is 9.47 Å². The van der Waals surface area contributed by atoms with Gasteiger partial charge in [-0.2, -0.15) is 0 Å². The smallest absolute Gasteiger partial charge is 0.126 e. The average molecular weight is 249 g/mol. The zero-order chi connectivity index (χ0) is 13.2. The molecule has 0 unspecified atom stereocenters. The van der Waals surface area contributed by atoms with Gasteiger partial charge in [0.1, 0.15) is 11.5 Å². The molecule has 0 aliphatic carbocycles. The van der Waals surface area contributed by atoms with Crippen LogP contribution in [0.15, 0.2) is 18.2 Å². The molecule has 101 valence electrons. The van der Waals surface area contributed by atoms with Crippen LogP contribution in [0, 0.1) is 6.92 Å². The molecule has 0 saturated carbocycles. The molecule has 0 fully saturated rings. The first-order chi connectivity index (χ1) is 8.83. The molecule has 1 radical (unpaired) electrons. The van der Waals surface area contributed by atoms with E-state index in [1.165, 1.54) is 0 Å². The molecule has 0 aliphatic rings. The Kier molecular flexibility index (Phi) is 7.31. The summed E-state index contributed by atoms with van der Waals surface area (Å²) < 4.78 is 11.6. The van der Waals surface area contributed by atoms with Gasteiger partial charge in [-0.15, -0.1) is 0 Å². The molecule has 1 rings (SSSR count). The fraction of sp³-hybridized carbons (Fsp3) is 0.562. The minimum absolute atomic E-state index is 0.698. The molecular weight excluding hydrogens is 224 g/mol. The SMILES string of the molecule is [CH2]Cc1c(OCCCC)cccc1OCCCC. The molecular formula is C16H25O2. The van der Waals surface area contributed by atoms with Crippen LogP contribution in [0.5, 0.6) is 11.5 Å². The molecule has 2 heteroatoms. The van der Waals surface area contributed by atoms with Crippen LogP contribution < -0.4 is 9.47 Å². The summed E-state index contributed by atoms with van der Waals surface area (Å²) in [5, 5.41) is 0. The molecule has 0 spiro atoms. The highest BCUT2D eigenvalue weighted by Crippen LogP contribution is 2.29. The van der Waals surface area contributed by atoms with Crippen LogP contribution in [0.4, 0.5) is 0 Å². The van der Waals surface area contributed by atoms with Crippen LogP contribution >= 0.6 is 0 Å². The van der Waals surface area contributed by atoms with Gasteiger partial charge in [-0.25, -0.2) is 0 Å². The second-order valence-electron chi connectivity index (χ2n) is 4.39. The maximum Gasteiger partial charge on any atom is 0.126 e. The van der Waals surface area contributed by atoms with E-state index in [1.54, 1.807) is 0 Å². The van der Waals surface area contributed by atoms with Gasteiger partial charge >= 0.3 is 0 Å². The third kappa shape index (κ3) is 4.59. The van der Waals surface area contributed by atoms with E-state index in [4.69, 9.17) is 9.47 Å². The Morgan fingerprint density at radius 1 is 0.944 bits per heavy atom. The summed E-state index contributed by atoms with van der Waals surface area (Å²) in [7, 11) is 0. The molecule has 0 aliphatic heterocycles. The van der Waals surface area contributed by atoms with Crippen molar-refractivity contribution in [3.8, 4) is 11.5 Å². The Labute approximate surface area is 111 Å². The number of hydrogen-bond donors (Lipinski definition) is 0. The van der Waals surface area contributed by atoms with Crippen molar-refractivity contribution in [3.63, 3.8) is 0 Å². The number of rotatable bonds is 9. The third-order valence-corrected chi connectivity index (χ3v) is 2.85. The predicted molar refractivity (Wildman–Crippen MR) is 76.3 cm³/mol. The number of ether oxygens (including phenoxy) is 2. The molecule has 1 aromatic rings. The van der Waals surface area contributed by atoms with E-state index >= 15 is 0 Å². The Hall–Kier alpha value is -1.18. The summed E-state index contributed by atoms with van der Waals surface area (Å²) in [5.74, 6) is 1.85. The molecule has 0 amide bonds. The van der Waals surface area contributed by atoms with Crippen LogP contribution in [0.2, 0.25) is 0 Å². The Morgan fingerprint density at radius 3 is 1.83 bits per heavy atom. The van der Waals surface area contributed by atoms with E-state index in [0.717, 1.165) is 56.0 Å². The van der Waals surface area contributed by atoms with E-state index in [-0.39, 0.29) is 0 Å². The first-order valence-corrected chi connectivity index (χ1v) is 7.00. The van der Waals surface area contributed by atoms with Gasteiger partial charge in [0.2, 0.25) is 0 Å². The second-order valence-corrected chi connectivity index (χ2v) is 4.39. The molecule has 0 aromatic heterocycles. The molecule has 0 atom stereocenters. The van der Waals surface area contributed by atoms with Crippen molar-refractivity contribution >= 4 is 0 Å². The number of benzene rings is 1. The number of hydrogen-bond acceptors (Lipinski definition) is 2. The van der Waals surface area contributed by atoms with Gasteiger partial charge in [-0.1, -0.05) is 32.8 Å². The molecule has 0 bridgehead atoms. The maximum absolute atomic E-state index is 5.80. The van der Waals surface area contributed by atoms with Gasteiger partial charge in [0, 0.05) is 5.56 Å². The van der Waals surface area contributed by atoms with Crippen LogP contribution in [-0.2, 0) is 6.42 Å². The lowest BCUT2D eigenvalue weighted by Gasteiger charge is -2.15. The van der Waals surface area contributed by atoms with Crippen LogP contribution in [0.1, 0.15) is 45.1 Å². The Morgan fingerprint density at radius 2 is 1.44 bits per heavy atom. The molecule has 0 saturated heterocycles. The highest BCUT2D eigenvalue weighted by atomic mass is 16.5. The van der Waals surface area contributed by atoms with Gasteiger partial charge in [0.05, 0.1) is 13.2 Å². The van der Waals surface area contributed by atoms with E-state index in [0.29, 0.717) is 6.42 Å². The summed E-state index contributed by atoms with van der Waals surface area (Å²) in [6, 6.07) is 5.99. The van der Waals surface area contributed by atoms with E-state index < -0.39 is 0 Å². The first-order valence-electron chi connectivity index (χ1n) is 7.00. The molecule has 2 nitrogen and oxygen atoms in total. The fourth-order valence-electron chi connectivity index (χ4n) is 1.72. The van der Waals surface area contributed by atoms with Crippen molar-refractivity contribution in [3.05, 3.63) is 30.7 Å². The fourth-order valence-corrected chi connectivity index (χ4v) is 1.72. The van der Waals surface area contributed by atoms with Crippen molar-refractivity contribution in [1.29, 1.82) is 0 Å². The van der Waals surface area contributed by atoms with Crippen molar-refractivity contribution in [2.45, 2.75) is 46.0 Å². The maximum atomic E-state index is 5.80. The molecule has 0 heterocycles. The minimum Gasteiger partial charge on any atom is -0.493 e. The lowest BCUT2D eigenvalue weighted by molar-refractivity contribution is 0.289. The zero-order valence-electron chi connectivity index (χ0n) is 11.7. The molecule has 18 heavy (non-hydrogen) atoms. The molecule has 1 aromatic carbocycles. The van der Waals surface area contributed by atoms with Crippen molar-refractivity contribution in [2.75, 3.05) is 13.2 Å². The van der Waals surface area contributed by atoms with Crippen LogP contribution in [-0.4, -0.2) is 13.2 Å². The summed E-state index contributed by atoms with van der Waals surface area (Å²) in [6.45, 7) is 9.83. The quantitative estimate of drug-likeness (QED) is 0.603. The van der Waals surface area contributed by atoms with Crippen molar-refractivity contribution < 1.29 is 9.47 Å². The van der Waals surface area contributed by atoms with E-state index in [1.807, 2.05) is 18.2 Å². The topological polar surface area (TPSA) is 18.5 Å². The van der Waals surface area contributed by atoms with Gasteiger partial charge in [0.25, 0.3) is 0 Å². The van der Waals surface area contributed by atoms with Gasteiger partial charge in [-0.05, 0) is 38.3 Å². The summed E-state index contributed by atoms with van der Waals surface area (Å²) >= 11 is 0. The lowest BCUT2D eigenvalue weighted by atomic mass is 10.1. The monoisotopic (exact) mass is 249 g/mol.